The summed E-state index contributed by atoms with van der Waals surface area (Å²) in [5.74, 6) is -2.35. The number of hydrogen-bond donors (Lipinski definition) is 1. The molecular formula is C17H16ClFN2O3. The molecule has 0 bridgehead atoms. The molecular weight excluding hydrogens is 335 g/mol. The Bertz CT molecular complexity index is 809. The fraction of sp³-hybridized carbons (Fsp3) is 0.294. The summed E-state index contributed by atoms with van der Waals surface area (Å²) in [6.07, 6.45) is 0. The van der Waals surface area contributed by atoms with Crippen molar-refractivity contribution < 1.29 is 18.7 Å². The van der Waals surface area contributed by atoms with Crippen LogP contribution >= 0.6 is 11.6 Å². The second-order valence-corrected chi connectivity index (χ2v) is 5.65. The summed E-state index contributed by atoms with van der Waals surface area (Å²) in [7, 11) is 0. The first-order valence-electron chi connectivity index (χ1n) is 7.22. The fourth-order valence-corrected chi connectivity index (χ4v) is 2.72. The maximum absolute atomic E-state index is 14.5. The normalized spacial score (nSPS) is 17.4. The SMILES string of the molecule is CCOC(=O)C1=C(C)OC(N)=C(C#N)C1c1cc(C)c(Cl)cc1F. The summed E-state index contributed by atoms with van der Waals surface area (Å²) in [6.45, 7) is 4.99. The van der Waals surface area contributed by atoms with Gasteiger partial charge in [0.15, 0.2) is 0 Å². The molecule has 0 aromatic heterocycles. The number of aryl methyl sites for hydroxylation is 1. The fourth-order valence-electron chi connectivity index (χ4n) is 2.57. The van der Waals surface area contributed by atoms with Crippen molar-refractivity contribution in [2.45, 2.75) is 26.7 Å². The van der Waals surface area contributed by atoms with Crippen LogP contribution in [0.2, 0.25) is 5.02 Å². The Morgan fingerprint density at radius 3 is 2.75 bits per heavy atom. The molecule has 1 atom stereocenters. The van der Waals surface area contributed by atoms with Crippen molar-refractivity contribution in [2.75, 3.05) is 6.61 Å². The second-order valence-electron chi connectivity index (χ2n) is 5.24. The maximum atomic E-state index is 14.5. The number of hydrogen-bond acceptors (Lipinski definition) is 5. The highest BCUT2D eigenvalue weighted by Gasteiger charge is 2.37. The molecule has 5 nitrogen and oxygen atoms in total. The standard InChI is InChI=1S/C17H16ClFN2O3/c1-4-23-17(22)14-9(3)24-16(21)11(7-20)15(14)10-5-8(2)12(18)6-13(10)19/h5-6,15H,4,21H2,1-3H3. The lowest BCUT2D eigenvalue weighted by molar-refractivity contribution is -0.139. The van der Waals surface area contributed by atoms with Crippen LogP contribution in [0.3, 0.4) is 0 Å². The van der Waals surface area contributed by atoms with Crippen LogP contribution in [-0.4, -0.2) is 12.6 Å². The predicted octanol–water partition coefficient (Wildman–Crippen LogP) is 3.43. The van der Waals surface area contributed by atoms with Crippen molar-refractivity contribution in [1.82, 2.24) is 0 Å². The van der Waals surface area contributed by atoms with E-state index in [0.29, 0.717) is 5.56 Å². The van der Waals surface area contributed by atoms with E-state index in [2.05, 4.69) is 0 Å². The molecule has 7 heteroatoms. The Hall–Kier alpha value is -2.52. The van der Waals surface area contributed by atoms with Crippen molar-refractivity contribution in [3.63, 3.8) is 0 Å². The van der Waals surface area contributed by atoms with E-state index in [4.69, 9.17) is 26.8 Å². The van der Waals surface area contributed by atoms with E-state index in [9.17, 15) is 14.4 Å². The summed E-state index contributed by atoms with van der Waals surface area (Å²) < 4.78 is 24.8. The Morgan fingerprint density at radius 2 is 2.17 bits per heavy atom. The molecule has 126 valence electrons. The topological polar surface area (TPSA) is 85.3 Å². The first-order chi connectivity index (χ1) is 11.3. The minimum absolute atomic E-state index is 0.0447. The number of carbonyl (C=O) groups excluding carboxylic acids is 1. The monoisotopic (exact) mass is 350 g/mol. The first-order valence-corrected chi connectivity index (χ1v) is 7.60. The van der Waals surface area contributed by atoms with Gasteiger partial charge in [0.1, 0.15) is 23.2 Å². The molecule has 1 aliphatic rings. The number of allylic oxidation sites excluding steroid dienone is 2. The van der Waals surface area contributed by atoms with E-state index in [1.807, 2.05) is 6.07 Å². The molecule has 1 unspecified atom stereocenters. The Kier molecular flexibility index (Phi) is 5.15. The van der Waals surface area contributed by atoms with Gasteiger partial charge < -0.3 is 15.2 Å². The van der Waals surface area contributed by atoms with E-state index in [1.54, 1.807) is 13.8 Å². The quantitative estimate of drug-likeness (QED) is 0.844. The number of halogens is 2. The van der Waals surface area contributed by atoms with Crippen LogP contribution in [0.5, 0.6) is 0 Å². The highest BCUT2D eigenvalue weighted by Crippen LogP contribution is 2.41. The molecule has 2 rings (SSSR count). The zero-order valence-corrected chi connectivity index (χ0v) is 14.2. The van der Waals surface area contributed by atoms with Gasteiger partial charge in [-0.2, -0.15) is 5.26 Å². The van der Waals surface area contributed by atoms with Gasteiger partial charge in [0, 0.05) is 10.6 Å². The van der Waals surface area contributed by atoms with Crippen LogP contribution < -0.4 is 5.73 Å². The van der Waals surface area contributed by atoms with Gasteiger partial charge in [0.25, 0.3) is 0 Å². The van der Waals surface area contributed by atoms with Crippen LogP contribution in [0.1, 0.15) is 30.9 Å². The van der Waals surface area contributed by atoms with Gasteiger partial charge in [-0.05, 0) is 32.4 Å². The zero-order chi connectivity index (χ0) is 18.0. The molecule has 0 radical (unpaired) electrons. The third-order valence-corrected chi connectivity index (χ3v) is 4.10. The minimum atomic E-state index is -1.02. The number of nitrogens with zero attached hydrogens (tertiary/aromatic N) is 1. The molecule has 2 N–H and O–H groups in total. The molecule has 0 spiro atoms. The van der Waals surface area contributed by atoms with E-state index in [0.717, 1.165) is 6.07 Å². The van der Waals surface area contributed by atoms with E-state index < -0.39 is 17.7 Å². The summed E-state index contributed by atoms with van der Waals surface area (Å²) in [6, 6.07) is 4.53. The van der Waals surface area contributed by atoms with Gasteiger partial charge in [-0.15, -0.1) is 0 Å². The third-order valence-electron chi connectivity index (χ3n) is 3.69. The van der Waals surface area contributed by atoms with E-state index >= 15 is 0 Å². The van der Waals surface area contributed by atoms with Crippen molar-refractivity contribution >= 4 is 17.6 Å². The number of rotatable bonds is 3. The molecule has 1 aliphatic heterocycles. The molecule has 0 saturated carbocycles. The lowest BCUT2D eigenvalue weighted by atomic mass is 9.82. The smallest absolute Gasteiger partial charge is 0.338 e. The molecule has 1 aromatic carbocycles. The van der Waals surface area contributed by atoms with Gasteiger partial charge in [-0.1, -0.05) is 17.7 Å². The van der Waals surface area contributed by atoms with Crippen molar-refractivity contribution in [1.29, 1.82) is 5.26 Å². The first kappa shape index (κ1) is 17.8. The highest BCUT2D eigenvalue weighted by molar-refractivity contribution is 6.31. The molecule has 0 saturated heterocycles. The predicted molar refractivity (Wildman–Crippen MR) is 86.1 cm³/mol. The van der Waals surface area contributed by atoms with E-state index in [1.165, 1.54) is 13.0 Å². The number of nitrogens with two attached hydrogens (primary N) is 1. The third kappa shape index (κ3) is 3.08. The van der Waals surface area contributed by atoms with Crippen LogP contribution in [0.4, 0.5) is 4.39 Å². The molecule has 24 heavy (non-hydrogen) atoms. The number of ether oxygens (including phenoxy) is 2. The minimum Gasteiger partial charge on any atom is -0.463 e. The summed E-state index contributed by atoms with van der Waals surface area (Å²) in [5, 5.41) is 9.68. The summed E-state index contributed by atoms with van der Waals surface area (Å²) >= 11 is 5.93. The van der Waals surface area contributed by atoms with Gasteiger partial charge in [-0.3, -0.25) is 0 Å². The zero-order valence-electron chi connectivity index (χ0n) is 13.4. The molecule has 0 fully saturated rings. The Morgan fingerprint density at radius 1 is 1.50 bits per heavy atom. The lowest BCUT2D eigenvalue weighted by Crippen LogP contribution is -2.26. The molecule has 0 amide bonds. The number of esters is 1. The number of nitriles is 1. The molecule has 1 heterocycles. The van der Waals surface area contributed by atoms with Crippen LogP contribution in [0, 0.1) is 24.1 Å². The van der Waals surface area contributed by atoms with E-state index in [-0.39, 0.29) is 40.0 Å². The number of benzene rings is 1. The van der Waals surface area contributed by atoms with Gasteiger partial charge in [0.2, 0.25) is 5.88 Å². The molecule has 1 aromatic rings. The highest BCUT2D eigenvalue weighted by atomic mass is 35.5. The summed E-state index contributed by atoms with van der Waals surface area (Å²) in [4.78, 5) is 12.3. The average Bonchev–Trinajstić information content (AvgIpc) is 2.50. The van der Waals surface area contributed by atoms with Crippen molar-refractivity contribution in [3.8, 4) is 6.07 Å². The average molecular weight is 351 g/mol. The number of carbonyl (C=O) groups is 1. The maximum Gasteiger partial charge on any atom is 0.338 e. The van der Waals surface area contributed by atoms with Gasteiger partial charge in [0.05, 0.1) is 18.1 Å². The van der Waals surface area contributed by atoms with Crippen molar-refractivity contribution in [2.24, 2.45) is 5.73 Å². The lowest BCUT2D eigenvalue weighted by Gasteiger charge is -2.27. The van der Waals surface area contributed by atoms with Crippen LogP contribution in [-0.2, 0) is 14.3 Å². The Labute approximate surface area is 144 Å². The van der Waals surface area contributed by atoms with Crippen LogP contribution in [0.25, 0.3) is 0 Å². The second kappa shape index (κ2) is 6.93. The largest absolute Gasteiger partial charge is 0.463 e. The van der Waals surface area contributed by atoms with Gasteiger partial charge in [-0.25, -0.2) is 9.18 Å². The van der Waals surface area contributed by atoms with Crippen LogP contribution in [0.15, 0.2) is 34.9 Å². The summed E-state index contributed by atoms with van der Waals surface area (Å²) in [5.41, 5.74) is 6.48. The molecule has 0 aliphatic carbocycles. The Balaban J connectivity index is 2.72. The van der Waals surface area contributed by atoms with Crippen molar-refractivity contribution in [3.05, 3.63) is 56.9 Å². The van der Waals surface area contributed by atoms with Gasteiger partial charge >= 0.3 is 5.97 Å².